The summed E-state index contributed by atoms with van der Waals surface area (Å²) in [5.74, 6) is 0.333. The number of aliphatic hydroxyl groups excluding tert-OH is 1. The van der Waals surface area contributed by atoms with Gasteiger partial charge in [0.05, 0.1) is 12.2 Å². The molecule has 0 bridgehead atoms. The maximum atomic E-state index is 12.8. The van der Waals surface area contributed by atoms with Crippen LogP contribution in [0.2, 0.25) is 0 Å². The van der Waals surface area contributed by atoms with E-state index in [2.05, 4.69) is 18.9 Å². The summed E-state index contributed by atoms with van der Waals surface area (Å²) in [5, 5.41) is 14.7. The third-order valence-corrected chi connectivity index (χ3v) is 5.82. The number of ether oxygens (including phenoxy) is 1. The molecule has 1 spiro atoms. The van der Waals surface area contributed by atoms with Crippen molar-refractivity contribution in [2.75, 3.05) is 19.7 Å². The van der Waals surface area contributed by atoms with Crippen molar-refractivity contribution < 1.29 is 14.6 Å². The molecule has 6 heteroatoms. The van der Waals surface area contributed by atoms with Gasteiger partial charge in [0, 0.05) is 44.3 Å². The summed E-state index contributed by atoms with van der Waals surface area (Å²) in [4.78, 5) is 14.6. The molecule has 3 rings (SSSR count). The fourth-order valence-electron chi connectivity index (χ4n) is 4.23. The lowest BCUT2D eigenvalue weighted by molar-refractivity contribution is -0.207. The van der Waals surface area contributed by atoms with Crippen LogP contribution < -0.4 is 0 Å². The van der Waals surface area contributed by atoms with Crippen molar-refractivity contribution in [3.05, 3.63) is 17.5 Å². The van der Waals surface area contributed by atoms with Crippen LogP contribution in [-0.4, -0.2) is 57.6 Å². The summed E-state index contributed by atoms with van der Waals surface area (Å²) in [5.41, 5.74) is 1.44. The van der Waals surface area contributed by atoms with Crippen LogP contribution in [0, 0.1) is 5.41 Å². The van der Waals surface area contributed by atoms with Gasteiger partial charge in [-0.2, -0.15) is 5.10 Å². The number of rotatable bonds is 4. The maximum absolute atomic E-state index is 12.8. The van der Waals surface area contributed by atoms with Gasteiger partial charge in [-0.15, -0.1) is 0 Å². The Balaban J connectivity index is 1.66. The number of nitrogens with zero attached hydrogens (tertiary/aromatic N) is 3. The Morgan fingerprint density at radius 1 is 1.46 bits per heavy atom. The van der Waals surface area contributed by atoms with Crippen LogP contribution in [0.4, 0.5) is 0 Å². The van der Waals surface area contributed by atoms with Gasteiger partial charge in [0.2, 0.25) is 0 Å². The standard InChI is InChI=1S/C18H29N3O3/c1-5-24-16-11-15(22)18(16)6-8-21(9-7-18)17(23)13-10-14(12(2)3)20(4)19-13/h10,12,15-16,22H,5-9,11H2,1-4H3/t15-,16+/m1/s1. The zero-order chi connectivity index (χ0) is 17.5. The van der Waals surface area contributed by atoms with Gasteiger partial charge in [0.1, 0.15) is 0 Å². The minimum atomic E-state index is -0.298. The van der Waals surface area contributed by atoms with Crippen LogP contribution in [0.25, 0.3) is 0 Å². The first kappa shape index (κ1) is 17.4. The van der Waals surface area contributed by atoms with Crippen molar-refractivity contribution in [1.29, 1.82) is 0 Å². The molecule has 1 amide bonds. The highest BCUT2D eigenvalue weighted by Gasteiger charge is 2.56. The number of piperidine rings is 1. The summed E-state index contributed by atoms with van der Waals surface area (Å²) in [6.45, 7) is 8.18. The molecule has 1 saturated heterocycles. The third kappa shape index (κ3) is 2.75. The second kappa shape index (κ2) is 6.48. The number of likely N-dealkylation sites (tertiary alicyclic amines) is 1. The average Bonchev–Trinajstić information content (AvgIpc) is 2.96. The minimum absolute atomic E-state index is 0.00544. The summed E-state index contributed by atoms with van der Waals surface area (Å²) in [6, 6.07) is 1.90. The fourth-order valence-corrected chi connectivity index (χ4v) is 4.23. The Hall–Kier alpha value is -1.40. The van der Waals surface area contributed by atoms with Crippen molar-refractivity contribution in [3.63, 3.8) is 0 Å². The zero-order valence-electron chi connectivity index (χ0n) is 15.2. The molecule has 1 aromatic heterocycles. The zero-order valence-corrected chi connectivity index (χ0v) is 15.2. The lowest BCUT2D eigenvalue weighted by Gasteiger charge is -2.56. The number of aromatic nitrogens is 2. The predicted octanol–water partition coefficient (Wildman–Crippen LogP) is 1.94. The molecule has 2 heterocycles. The number of hydrogen-bond donors (Lipinski definition) is 1. The van der Waals surface area contributed by atoms with Gasteiger partial charge in [-0.05, 0) is 31.7 Å². The van der Waals surface area contributed by atoms with E-state index in [1.807, 2.05) is 24.9 Å². The van der Waals surface area contributed by atoms with E-state index < -0.39 is 0 Å². The van der Waals surface area contributed by atoms with Crippen molar-refractivity contribution in [2.45, 2.75) is 58.2 Å². The Bertz CT molecular complexity index is 601. The number of carbonyl (C=O) groups excluding carboxylic acids is 1. The molecule has 0 aromatic carbocycles. The van der Waals surface area contributed by atoms with Crippen molar-refractivity contribution in [1.82, 2.24) is 14.7 Å². The van der Waals surface area contributed by atoms with E-state index in [9.17, 15) is 9.90 Å². The van der Waals surface area contributed by atoms with Gasteiger partial charge in [-0.3, -0.25) is 9.48 Å². The SMILES string of the molecule is CCO[C@H]1C[C@@H](O)C12CCN(C(=O)c1cc(C(C)C)n(C)n1)CC2. The molecule has 0 radical (unpaired) electrons. The van der Waals surface area contributed by atoms with Gasteiger partial charge in [-0.1, -0.05) is 13.8 Å². The highest BCUT2D eigenvalue weighted by Crippen LogP contribution is 2.51. The van der Waals surface area contributed by atoms with Crippen molar-refractivity contribution >= 4 is 5.91 Å². The molecule has 1 aromatic rings. The molecule has 134 valence electrons. The molecule has 2 fully saturated rings. The second-order valence-corrected chi connectivity index (χ2v) is 7.45. The van der Waals surface area contributed by atoms with Gasteiger partial charge in [0.15, 0.2) is 5.69 Å². The molecule has 1 N–H and O–H groups in total. The molecule has 0 unspecified atom stereocenters. The van der Waals surface area contributed by atoms with E-state index in [0.717, 1.165) is 25.0 Å². The molecule has 2 atom stereocenters. The molecular formula is C18H29N3O3. The first-order valence-electron chi connectivity index (χ1n) is 9.02. The first-order valence-corrected chi connectivity index (χ1v) is 9.02. The van der Waals surface area contributed by atoms with Crippen molar-refractivity contribution in [2.24, 2.45) is 12.5 Å². The Morgan fingerprint density at radius 2 is 2.12 bits per heavy atom. The number of aliphatic hydroxyl groups is 1. The number of hydrogen-bond acceptors (Lipinski definition) is 4. The van der Waals surface area contributed by atoms with Crippen LogP contribution >= 0.6 is 0 Å². The number of amides is 1. The minimum Gasteiger partial charge on any atom is -0.392 e. The predicted molar refractivity (Wildman–Crippen MR) is 90.9 cm³/mol. The van der Waals surface area contributed by atoms with Gasteiger partial charge < -0.3 is 14.7 Å². The van der Waals surface area contributed by atoms with Crippen LogP contribution in [0.5, 0.6) is 0 Å². The topological polar surface area (TPSA) is 67.6 Å². The number of aryl methyl sites for hydroxylation is 1. The third-order valence-electron chi connectivity index (χ3n) is 5.82. The van der Waals surface area contributed by atoms with E-state index in [1.54, 1.807) is 4.68 Å². The summed E-state index contributed by atoms with van der Waals surface area (Å²) in [7, 11) is 1.88. The summed E-state index contributed by atoms with van der Waals surface area (Å²) in [6.07, 6.45) is 2.16. The lowest BCUT2D eigenvalue weighted by Crippen LogP contribution is -2.62. The average molecular weight is 335 g/mol. The molecule has 24 heavy (non-hydrogen) atoms. The van der Waals surface area contributed by atoms with Crippen LogP contribution in [0.3, 0.4) is 0 Å². The summed E-state index contributed by atoms with van der Waals surface area (Å²) >= 11 is 0. The quantitative estimate of drug-likeness (QED) is 0.913. The van der Waals surface area contributed by atoms with Crippen molar-refractivity contribution in [3.8, 4) is 0 Å². The second-order valence-electron chi connectivity index (χ2n) is 7.45. The van der Waals surface area contributed by atoms with E-state index in [0.29, 0.717) is 31.3 Å². The van der Waals surface area contributed by atoms with Crippen LogP contribution in [0.1, 0.15) is 62.1 Å². The molecule has 1 aliphatic heterocycles. The Kier molecular flexibility index (Phi) is 4.71. The van der Waals surface area contributed by atoms with Crippen LogP contribution in [0.15, 0.2) is 6.07 Å². The van der Waals surface area contributed by atoms with E-state index in [-0.39, 0.29) is 23.5 Å². The summed E-state index contributed by atoms with van der Waals surface area (Å²) < 4.78 is 7.58. The normalized spacial score (nSPS) is 26.0. The molecule has 1 saturated carbocycles. The van der Waals surface area contributed by atoms with Gasteiger partial charge >= 0.3 is 0 Å². The van der Waals surface area contributed by atoms with E-state index in [4.69, 9.17) is 4.74 Å². The molecule has 1 aliphatic carbocycles. The highest BCUT2D eigenvalue weighted by molar-refractivity contribution is 5.92. The van der Waals surface area contributed by atoms with Crippen LogP contribution in [-0.2, 0) is 11.8 Å². The Labute approximate surface area is 143 Å². The van der Waals surface area contributed by atoms with E-state index >= 15 is 0 Å². The highest BCUT2D eigenvalue weighted by atomic mass is 16.5. The lowest BCUT2D eigenvalue weighted by atomic mass is 9.58. The Morgan fingerprint density at radius 3 is 2.62 bits per heavy atom. The number of carbonyl (C=O) groups is 1. The smallest absolute Gasteiger partial charge is 0.274 e. The fraction of sp³-hybridized carbons (Fsp3) is 0.778. The monoisotopic (exact) mass is 335 g/mol. The van der Waals surface area contributed by atoms with Gasteiger partial charge in [-0.25, -0.2) is 0 Å². The molecular weight excluding hydrogens is 306 g/mol. The molecule has 6 nitrogen and oxygen atoms in total. The van der Waals surface area contributed by atoms with Gasteiger partial charge in [0.25, 0.3) is 5.91 Å². The van der Waals surface area contributed by atoms with E-state index in [1.165, 1.54) is 0 Å². The largest absolute Gasteiger partial charge is 0.392 e. The first-order chi connectivity index (χ1) is 11.4. The molecule has 2 aliphatic rings. The maximum Gasteiger partial charge on any atom is 0.274 e.